The average molecular weight is 274 g/mol. The maximum atomic E-state index is 13.1. The van der Waals surface area contributed by atoms with Gasteiger partial charge in [-0.1, -0.05) is 18.2 Å². The van der Waals surface area contributed by atoms with Crippen LogP contribution in [0, 0.1) is 5.82 Å². The molecule has 4 nitrogen and oxygen atoms in total. The van der Waals surface area contributed by atoms with Crippen LogP contribution >= 0.6 is 0 Å². The molecule has 0 atom stereocenters. The standard InChI is InChI=1S/C15H15FN2O2/c16-11-8-12(17)10-13(9-11)18-15(19)6-7-20-14-4-2-1-3-5-14/h1-5,8-10H,6-7,17H2,(H,18,19). The number of halogens is 1. The van der Waals surface area contributed by atoms with Crippen LogP contribution < -0.4 is 15.8 Å². The number of amides is 1. The molecule has 104 valence electrons. The highest BCUT2D eigenvalue weighted by atomic mass is 19.1. The fraction of sp³-hybridized carbons (Fsp3) is 0.133. The predicted octanol–water partition coefficient (Wildman–Crippen LogP) is 2.82. The van der Waals surface area contributed by atoms with Gasteiger partial charge in [-0.15, -0.1) is 0 Å². The molecule has 0 aliphatic rings. The van der Waals surface area contributed by atoms with Crippen LogP contribution in [0.3, 0.4) is 0 Å². The second kappa shape index (κ2) is 6.56. The van der Waals surface area contributed by atoms with E-state index in [1.54, 1.807) is 0 Å². The van der Waals surface area contributed by atoms with Crippen LogP contribution in [-0.4, -0.2) is 12.5 Å². The third-order valence-electron chi connectivity index (χ3n) is 2.54. The molecule has 2 aromatic rings. The van der Waals surface area contributed by atoms with Crippen LogP contribution in [0.5, 0.6) is 5.75 Å². The number of nitrogen functional groups attached to an aromatic ring is 1. The van der Waals surface area contributed by atoms with Gasteiger partial charge in [-0.25, -0.2) is 4.39 Å². The third kappa shape index (κ3) is 4.28. The molecule has 0 saturated carbocycles. The van der Waals surface area contributed by atoms with Crippen LogP contribution in [0.1, 0.15) is 6.42 Å². The van der Waals surface area contributed by atoms with E-state index in [2.05, 4.69) is 5.32 Å². The van der Waals surface area contributed by atoms with Gasteiger partial charge in [-0.2, -0.15) is 0 Å². The summed E-state index contributed by atoms with van der Waals surface area (Å²) in [4.78, 5) is 11.7. The van der Waals surface area contributed by atoms with Gasteiger partial charge in [0.05, 0.1) is 13.0 Å². The quantitative estimate of drug-likeness (QED) is 0.824. The van der Waals surface area contributed by atoms with Gasteiger partial charge in [0.25, 0.3) is 0 Å². The topological polar surface area (TPSA) is 64.3 Å². The zero-order chi connectivity index (χ0) is 14.4. The summed E-state index contributed by atoms with van der Waals surface area (Å²) in [6, 6.07) is 13.1. The molecule has 2 aromatic carbocycles. The Balaban J connectivity index is 1.81. The van der Waals surface area contributed by atoms with Crippen molar-refractivity contribution in [3.8, 4) is 5.75 Å². The summed E-state index contributed by atoms with van der Waals surface area (Å²) >= 11 is 0. The number of hydrogen-bond acceptors (Lipinski definition) is 3. The largest absolute Gasteiger partial charge is 0.493 e. The molecular formula is C15H15FN2O2. The van der Waals surface area contributed by atoms with Gasteiger partial charge in [-0.3, -0.25) is 4.79 Å². The van der Waals surface area contributed by atoms with Crippen molar-refractivity contribution in [3.05, 3.63) is 54.3 Å². The molecule has 0 aliphatic heterocycles. The van der Waals surface area contributed by atoms with E-state index in [9.17, 15) is 9.18 Å². The van der Waals surface area contributed by atoms with E-state index < -0.39 is 5.82 Å². The smallest absolute Gasteiger partial charge is 0.227 e. The highest BCUT2D eigenvalue weighted by Crippen LogP contribution is 2.15. The van der Waals surface area contributed by atoms with Crippen molar-refractivity contribution in [2.45, 2.75) is 6.42 Å². The maximum absolute atomic E-state index is 13.1. The van der Waals surface area contributed by atoms with Gasteiger partial charge in [0.2, 0.25) is 5.91 Å². The molecule has 3 N–H and O–H groups in total. The van der Waals surface area contributed by atoms with Crippen LogP contribution in [0.25, 0.3) is 0 Å². The van der Waals surface area contributed by atoms with Crippen LogP contribution in [0.15, 0.2) is 48.5 Å². The summed E-state index contributed by atoms with van der Waals surface area (Å²) in [5.41, 5.74) is 6.10. The summed E-state index contributed by atoms with van der Waals surface area (Å²) in [5, 5.41) is 2.57. The van der Waals surface area contributed by atoms with E-state index in [1.165, 1.54) is 18.2 Å². The lowest BCUT2D eigenvalue weighted by Crippen LogP contribution is -2.15. The zero-order valence-electron chi connectivity index (χ0n) is 10.8. The highest BCUT2D eigenvalue weighted by molar-refractivity contribution is 5.91. The Hall–Kier alpha value is -2.56. The number of benzene rings is 2. The molecule has 1 amide bonds. The van der Waals surface area contributed by atoms with Crippen molar-refractivity contribution in [1.82, 2.24) is 0 Å². The summed E-state index contributed by atoms with van der Waals surface area (Å²) < 4.78 is 18.5. The fourth-order valence-corrected chi connectivity index (χ4v) is 1.69. The Morgan fingerprint density at radius 2 is 1.95 bits per heavy atom. The molecule has 0 bridgehead atoms. The molecule has 0 aromatic heterocycles. The number of nitrogens with two attached hydrogens (primary N) is 1. The van der Waals surface area contributed by atoms with Gasteiger partial charge in [-0.05, 0) is 30.3 Å². The molecule has 0 aliphatic carbocycles. The number of rotatable bonds is 5. The Labute approximate surface area is 116 Å². The minimum Gasteiger partial charge on any atom is -0.493 e. The Morgan fingerprint density at radius 1 is 1.20 bits per heavy atom. The lowest BCUT2D eigenvalue weighted by Gasteiger charge is -2.08. The fourth-order valence-electron chi connectivity index (χ4n) is 1.69. The van der Waals surface area contributed by atoms with Gasteiger partial charge in [0.1, 0.15) is 11.6 Å². The molecule has 0 fully saturated rings. The minimum atomic E-state index is -0.485. The van der Waals surface area contributed by atoms with E-state index in [0.717, 1.165) is 0 Å². The molecule has 0 radical (unpaired) electrons. The number of para-hydroxylation sites is 1. The third-order valence-corrected chi connectivity index (χ3v) is 2.54. The van der Waals surface area contributed by atoms with E-state index in [1.807, 2.05) is 30.3 Å². The monoisotopic (exact) mass is 274 g/mol. The molecule has 0 heterocycles. The van der Waals surface area contributed by atoms with E-state index in [4.69, 9.17) is 10.5 Å². The number of anilines is 2. The molecule has 20 heavy (non-hydrogen) atoms. The number of nitrogens with one attached hydrogen (secondary N) is 1. The van der Waals surface area contributed by atoms with Gasteiger partial charge >= 0.3 is 0 Å². The highest BCUT2D eigenvalue weighted by Gasteiger charge is 2.05. The van der Waals surface area contributed by atoms with Gasteiger partial charge in [0, 0.05) is 11.4 Å². The van der Waals surface area contributed by atoms with E-state index in [-0.39, 0.29) is 24.6 Å². The molecule has 0 unspecified atom stereocenters. The Kier molecular flexibility index (Phi) is 4.55. The summed E-state index contributed by atoms with van der Waals surface area (Å²) in [5.74, 6) is -0.0398. The summed E-state index contributed by atoms with van der Waals surface area (Å²) in [6.45, 7) is 0.251. The van der Waals surface area contributed by atoms with Gasteiger partial charge < -0.3 is 15.8 Å². The predicted molar refractivity (Wildman–Crippen MR) is 76.0 cm³/mol. The van der Waals surface area contributed by atoms with Crippen molar-refractivity contribution < 1.29 is 13.9 Å². The molecule has 5 heteroatoms. The molecule has 0 spiro atoms. The number of carbonyl (C=O) groups is 1. The number of ether oxygens (including phenoxy) is 1. The molecular weight excluding hydrogens is 259 g/mol. The normalized spacial score (nSPS) is 10.1. The van der Waals surface area contributed by atoms with E-state index >= 15 is 0 Å². The first kappa shape index (κ1) is 13.9. The van der Waals surface area contributed by atoms with Crippen LogP contribution in [0.2, 0.25) is 0 Å². The average Bonchev–Trinajstić information content (AvgIpc) is 2.38. The lowest BCUT2D eigenvalue weighted by atomic mass is 10.2. The first-order valence-corrected chi connectivity index (χ1v) is 6.17. The molecule has 0 saturated heterocycles. The number of carbonyl (C=O) groups excluding carboxylic acids is 1. The second-order valence-electron chi connectivity index (χ2n) is 4.23. The maximum Gasteiger partial charge on any atom is 0.227 e. The SMILES string of the molecule is Nc1cc(F)cc(NC(=O)CCOc2ccccc2)c1. The van der Waals surface area contributed by atoms with Crippen molar-refractivity contribution in [2.24, 2.45) is 0 Å². The van der Waals surface area contributed by atoms with Crippen molar-refractivity contribution in [3.63, 3.8) is 0 Å². The first-order chi connectivity index (χ1) is 9.63. The zero-order valence-corrected chi connectivity index (χ0v) is 10.8. The second-order valence-corrected chi connectivity index (χ2v) is 4.23. The molecule has 2 rings (SSSR count). The Morgan fingerprint density at radius 3 is 2.65 bits per heavy atom. The number of hydrogen-bond donors (Lipinski definition) is 2. The van der Waals surface area contributed by atoms with E-state index in [0.29, 0.717) is 11.4 Å². The lowest BCUT2D eigenvalue weighted by molar-refractivity contribution is -0.116. The first-order valence-electron chi connectivity index (χ1n) is 6.17. The summed E-state index contributed by atoms with van der Waals surface area (Å²) in [7, 11) is 0. The minimum absolute atomic E-state index is 0.172. The van der Waals surface area contributed by atoms with Crippen molar-refractivity contribution in [1.29, 1.82) is 0 Å². The Bertz CT molecular complexity index is 567. The van der Waals surface area contributed by atoms with Crippen LogP contribution in [0.4, 0.5) is 15.8 Å². The summed E-state index contributed by atoms with van der Waals surface area (Å²) in [6.07, 6.45) is 0.172. The van der Waals surface area contributed by atoms with Crippen molar-refractivity contribution >= 4 is 17.3 Å². The van der Waals surface area contributed by atoms with Gasteiger partial charge in [0.15, 0.2) is 0 Å². The van der Waals surface area contributed by atoms with Crippen molar-refractivity contribution in [2.75, 3.05) is 17.7 Å². The van der Waals surface area contributed by atoms with Crippen LogP contribution in [-0.2, 0) is 4.79 Å².